The van der Waals surface area contributed by atoms with E-state index in [9.17, 15) is 23.1 Å². The molecule has 10 heteroatoms. The number of hydrogen-bond donors (Lipinski definition) is 1. The maximum absolute atomic E-state index is 13.2. The standard InChI is InChI=1S/C20H23N3O6S/c24-19(17-6-1-2-7-18(17)20(25)26)22(15-16-5-3-4-8-21-16)11-14-30(27,28)23-9-12-29-13-10-23/h1-8H,9-15H2,(H,25,26). The number of amides is 1. The minimum atomic E-state index is -3.59. The van der Waals surface area contributed by atoms with Gasteiger partial charge in [-0.25, -0.2) is 13.2 Å². The highest BCUT2D eigenvalue weighted by Gasteiger charge is 2.27. The zero-order valence-corrected chi connectivity index (χ0v) is 17.1. The van der Waals surface area contributed by atoms with Crippen molar-refractivity contribution in [3.05, 3.63) is 65.5 Å². The minimum Gasteiger partial charge on any atom is -0.478 e. The van der Waals surface area contributed by atoms with Gasteiger partial charge in [-0.2, -0.15) is 4.31 Å². The summed E-state index contributed by atoms with van der Waals surface area (Å²) in [5, 5.41) is 9.42. The lowest BCUT2D eigenvalue weighted by Crippen LogP contribution is -2.44. The highest BCUT2D eigenvalue weighted by Crippen LogP contribution is 2.15. The molecule has 0 atom stereocenters. The van der Waals surface area contributed by atoms with Crippen molar-refractivity contribution in [2.24, 2.45) is 0 Å². The summed E-state index contributed by atoms with van der Waals surface area (Å²) in [5.41, 5.74) is 0.441. The summed E-state index contributed by atoms with van der Waals surface area (Å²) in [6, 6.07) is 11.1. The van der Waals surface area contributed by atoms with Crippen molar-refractivity contribution in [1.29, 1.82) is 0 Å². The Morgan fingerprint density at radius 2 is 1.73 bits per heavy atom. The first-order chi connectivity index (χ1) is 14.4. The van der Waals surface area contributed by atoms with Crippen LogP contribution in [0, 0.1) is 0 Å². The maximum atomic E-state index is 13.2. The second-order valence-electron chi connectivity index (χ2n) is 6.73. The van der Waals surface area contributed by atoms with Crippen LogP contribution in [0.2, 0.25) is 0 Å². The van der Waals surface area contributed by atoms with Crippen molar-refractivity contribution in [3.63, 3.8) is 0 Å². The van der Waals surface area contributed by atoms with Crippen molar-refractivity contribution in [3.8, 4) is 0 Å². The molecule has 2 aromatic rings. The van der Waals surface area contributed by atoms with Gasteiger partial charge in [-0.15, -0.1) is 0 Å². The molecule has 0 unspecified atom stereocenters. The zero-order chi connectivity index (χ0) is 21.6. The predicted molar refractivity (Wildman–Crippen MR) is 109 cm³/mol. The molecular weight excluding hydrogens is 410 g/mol. The van der Waals surface area contributed by atoms with E-state index in [1.807, 2.05) is 0 Å². The number of sulfonamides is 1. The highest BCUT2D eigenvalue weighted by molar-refractivity contribution is 7.89. The smallest absolute Gasteiger partial charge is 0.336 e. The van der Waals surface area contributed by atoms with Gasteiger partial charge in [0.1, 0.15) is 0 Å². The quantitative estimate of drug-likeness (QED) is 0.662. The largest absolute Gasteiger partial charge is 0.478 e. The van der Waals surface area contributed by atoms with Gasteiger partial charge < -0.3 is 14.7 Å². The van der Waals surface area contributed by atoms with E-state index in [1.54, 1.807) is 30.5 Å². The van der Waals surface area contributed by atoms with Gasteiger partial charge in [-0.05, 0) is 24.3 Å². The Kier molecular flexibility index (Phi) is 7.14. The van der Waals surface area contributed by atoms with Crippen molar-refractivity contribution in [2.45, 2.75) is 6.54 Å². The number of carbonyl (C=O) groups excluding carboxylic acids is 1. The molecule has 0 spiro atoms. The van der Waals surface area contributed by atoms with Gasteiger partial charge in [0, 0.05) is 25.8 Å². The number of carboxylic acid groups (broad SMARTS) is 1. The molecule has 1 aliphatic heterocycles. The molecule has 0 radical (unpaired) electrons. The molecule has 9 nitrogen and oxygen atoms in total. The number of ether oxygens (including phenoxy) is 1. The fourth-order valence-electron chi connectivity index (χ4n) is 3.15. The summed E-state index contributed by atoms with van der Waals surface area (Å²) in [6.45, 7) is 1.19. The van der Waals surface area contributed by atoms with Gasteiger partial charge in [0.15, 0.2) is 0 Å². The number of aromatic carboxylic acids is 1. The number of nitrogens with zero attached hydrogens (tertiary/aromatic N) is 3. The van der Waals surface area contributed by atoms with Crippen molar-refractivity contribution in [2.75, 3.05) is 38.6 Å². The average Bonchev–Trinajstić information content (AvgIpc) is 2.77. The van der Waals surface area contributed by atoms with Gasteiger partial charge >= 0.3 is 5.97 Å². The van der Waals surface area contributed by atoms with E-state index in [1.165, 1.54) is 27.4 Å². The Bertz CT molecular complexity index is 991. The predicted octanol–water partition coefficient (Wildman–Crippen LogP) is 1.08. The van der Waals surface area contributed by atoms with E-state index < -0.39 is 21.9 Å². The molecule has 1 amide bonds. The first kappa shape index (κ1) is 21.9. The van der Waals surface area contributed by atoms with Crippen LogP contribution in [0.15, 0.2) is 48.7 Å². The highest BCUT2D eigenvalue weighted by atomic mass is 32.2. The van der Waals surface area contributed by atoms with E-state index in [-0.39, 0.29) is 43.1 Å². The lowest BCUT2D eigenvalue weighted by Gasteiger charge is -2.28. The Labute approximate surface area is 174 Å². The van der Waals surface area contributed by atoms with Crippen molar-refractivity contribution in [1.82, 2.24) is 14.2 Å². The fraction of sp³-hybridized carbons (Fsp3) is 0.350. The molecule has 0 saturated carbocycles. The van der Waals surface area contributed by atoms with Crippen LogP contribution in [0.3, 0.4) is 0 Å². The molecule has 1 N–H and O–H groups in total. The van der Waals surface area contributed by atoms with E-state index in [4.69, 9.17) is 4.74 Å². The third-order valence-electron chi connectivity index (χ3n) is 4.74. The normalized spacial score (nSPS) is 14.9. The third-order valence-corrected chi connectivity index (χ3v) is 6.59. The van der Waals surface area contributed by atoms with E-state index >= 15 is 0 Å². The second kappa shape index (κ2) is 9.79. The molecular formula is C20H23N3O6S. The second-order valence-corrected chi connectivity index (χ2v) is 8.81. The average molecular weight is 433 g/mol. The monoisotopic (exact) mass is 433 g/mol. The van der Waals surface area contributed by atoms with Crippen molar-refractivity contribution >= 4 is 21.9 Å². The Morgan fingerprint density at radius 1 is 1.07 bits per heavy atom. The summed E-state index contributed by atoms with van der Waals surface area (Å²) >= 11 is 0. The van der Waals surface area contributed by atoms with Crippen LogP contribution in [0.5, 0.6) is 0 Å². The summed E-state index contributed by atoms with van der Waals surface area (Å²) < 4.78 is 31.9. The first-order valence-corrected chi connectivity index (χ1v) is 11.1. The summed E-state index contributed by atoms with van der Waals surface area (Å²) in [7, 11) is -3.59. The third kappa shape index (κ3) is 5.41. The fourth-order valence-corrected chi connectivity index (χ4v) is 4.56. The van der Waals surface area contributed by atoms with Crippen molar-refractivity contribution < 1.29 is 27.9 Å². The summed E-state index contributed by atoms with van der Waals surface area (Å²) in [6.07, 6.45) is 1.58. The van der Waals surface area contributed by atoms with Crippen LogP contribution in [0.1, 0.15) is 26.4 Å². The van der Waals surface area contributed by atoms with E-state index in [0.29, 0.717) is 18.9 Å². The molecule has 3 rings (SSSR count). The van der Waals surface area contributed by atoms with Gasteiger partial charge in [-0.1, -0.05) is 18.2 Å². The molecule has 1 aliphatic rings. The maximum Gasteiger partial charge on any atom is 0.336 e. The zero-order valence-electron chi connectivity index (χ0n) is 16.3. The number of rotatable bonds is 8. The summed E-state index contributed by atoms with van der Waals surface area (Å²) in [4.78, 5) is 30.2. The molecule has 1 aromatic heterocycles. The number of carbonyl (C=O) groups is 2. The van der Waals surface area contributed by atoms with Gasteiger partial charge in [0.05, 0.1) is 42.3 Å². The number of pyridine rings is 1. The molecule has 0 aliphatic carbocycles. The molecule has 1 aromatic carbocycles. The molecule has 1 saturated heterocycles. The van der Waals surface area contributed by atoms with Crippen LogP contribution in [0.25, 0.3) is 0 Å². The van der Waals surface area contributed by atoms with E-state index in [0.717, 1.165) is 0 Å². The van der Waals surface area contributed by atoms with Crippen LogP contribution in [0.4, 0.5) is 0 Å². The number of benzene rings is 1. The molecule has 160 valence electrons. The lowest BCUT2D eigenvalue weighted by molar-refractivity contribution is 0.0672. The van der Waals surface area contributed by atoms with Crippen LogP contribution >= 0.6 is 0 Å². The number of aromatic nitrogens is 1. The number of hydrogen-bond acceptors (Lipinski definition) is 6. The Morgan fingerprint density at radius 3 is 2.37 bits per heavy atom. The molecule has 2 heterocycles. The van der Waals surface area contributed by atoms with Crippen LogP contribution < -0.4 is 0 Å². The SMILES string of the molecule is O=C(O)c1ccccc1C(=O)N(CCS(=O)(=O)N1CCOCC1)Cc1ccccn1. The Hall–Kier alpha value is -2.82. The topological polar surface area (TPSA) is 117 Å². The van der Waals surface area contributed by atoms with Gasteiger partial charge in [0.2, 0.25) is 10.0 Å². The summed E-state index contributed by atoms with van der Waals surface area (Å²) in [5.74, 6) is -2.06. The number of carboxylic acids is 1. The molecule has 30 heavy (non-hydrogen) atoms. The lowest BCUT2D eigenvalue weighted by atomic mass is 10.1. The van der Waals surface area contributed by atoms with Gasteiger partial charge in [0.25, 0.3) is 5.91 Å². The Balaban J connectivity index is 1.83. The minimum absolute atomic E-state index is 0.00435. The molecule has 1 fully saturated rings. The first-order valence-electron chi connectivity index (χ1n) is 9.45. The number of morpholine rings is 1. The van der Waals surface area contributed by atoms with E-state index in [2.05, 4.69) is 4.98 Å². The van der Waals surface area contributed by atoms with Crippen LogP contribution in [-0.2, 0) is 21.3 Å². The van der Waals surface area contributed by atoms with Gasteiger partial charge in [-0.3, -0.25) is 9.78 Å². The molecule has 0 bridgehead atoms. The van der Waals surface area contributed by atoms with Crippen LogP contribution in [-0.4, -0.2) is 78.2 Å².